The van der Waals surface area contributed by atoms with Crippen LogP contribution in [0.4, 0.5) is 5.13 Å². The first-order valence-electron chi connectivity index (χ1n) is 9.02. The second-order valence-electron chi connectivity index (χ2n) is 7.13. The van der Waals surface area contributed by atoms with E-state index in [9.17, 15) is 4.79 Å². The number of nitrogens with zero attached hydrogens (tertiary/aromatic N) is 3. The molecule has 2 unspecified atom stereocenters. The number of amides is 1. The van der Waals surface area contributed by atoms with Gasteiger partial charge in [-0.1, -0.05) is 37.0 Å². The predicted molar refractivity (Wildman–Crippen MR) is 93.8 cm³/mol. The first kappa shape index (κ1) is 16.8. The van der Waals surface area contributed by atoms with Crippen LogP contribution in [0.1, 0.15) is 76.1 Å². The van der Waals surface area contributed by atoms with Crippen molar-refractivity contribution >= 4 is 22.4 Å². The van der Waals surface area contributed by atoms with Gasteiger partial charge in [-0.15, -0.1) is 10.2 Å². The van der Waals surface area contributed by atoms with Gasteiger partial charge in [0.2, 0.25) is 11.0 Å². The van der Waals surface area contributed by atoms with Crippen LogP contribution in [0.3, 0.4) is 0 Å². The third-order valence-electron chi connectivity index (χ3n) is 5.34. The minimum atomic E-state index is 0.0388. The molecule has 1 aliphatic heterocycles. The highest BCUT2D eigenvalue weighted by Gasteiger charge is 2.27. The molecule has 2 heterocycles. The van der Waals surface area contributed by atoms with E-state index in [1.165, 1.54) is 51.4 Å². The number of hydrogen-bond donors (Lipinski definition) is 1. The largest absolute Gasteiger partial charge is 0.299 e. The third-order valence-corrected chi connectivity index (χ3v) is 6.34. The van der Waals surface area contributed by atoms with Crippen molar-refractivity contribution in [2.45, 2.75) is 83.2 Å². The predicted octanol–water partition coefficient (Wildman–Crippen LogP) is 3.79. The number of carbonyl (C=O) groups is 1. The molecule has 0 radical (unpaired) electrons. The Hall–Kier alpha value is -1.01. The highest BCUT2D eigenvalue weighted by molar-refractivity contribution is 7.15. The van der Waals surface area contributed by atoms with E-state index >= 15 is 0 Å². The molecule has 2 aliphatic rings. The molecule has 128 valence electrons. The highest BCUT2D eigenvalue weighted by atomic mass is 32.1. The fraction of sp³-hybridized carbons (Fsp3) is 0.824. The van der Waals surface area contributed by atoms with E-state index in [0.717, 1.165) is 5.01 Å². The van der Waals surface area contributed by atoms with Gasteiger partial charge in [-0.3, -0.25) is 15.0 Å². The van der Waals surface area contributed by atoms with Gasteiger partial charge in [-0.05, 0) is 39.5 Å². The molecular formula is C17H28N4OS. The first-order chi connectivity index (χ1) is 11.1. The highest BCUT2D eigenvalue weighted by Crippen LogP contribution is 2.35. The summed E-state index contributed by atoms with van der Waals surface area (Å²) in [5, 5.41) is 13.2. The maximum absolute atomic E-state index is 12.3. The summed E-state index contributed by atoms with van der Waals surface area (Å²) in [6.07, 6.45) is 9.97. The summed E-state index contributed by atoms with van der Waals surface area (Å²) in [6.45, 7) is 4.89. The van der Waals surface area contributed by atoms with Gasteiger partial charge >= 0.3 is 0 Å². The fourth-order valence-corrected chi connectivity index (χ4v) is 4.84. The molecule has 23 heavy (non-hydrogen) atoms. The van der Waals surface area contributed by atoms with Crippen LogP contribution in [0.2, 0.25) is 0 Å². The summed E-state index contributed by atoms with van der Waals surface area (Å²) >= 11 is 1.56. The van der Waals surface area contributed by atoms with Crippen molar-refractivity contribution in [2.75, 3.05) is 11.9 Å². The zero-order valence-corrected chi connectivity index (χ0v) is 15.1. The normalized spacial score (nSPS) is 27.0. The molecule has 2 atom stereocenters. The third kappa shape index (κ3) is 4.29. The number of piperidine rings is 1. The molecule has 1 aliphatic carbocycles. The van der Waals surface area contributed by atoms with Crippen LogP contribution in [0.5, 0.6) is 0 Å². The summed E-state index contributed by atoms with van der Waals surface area (Å²) in [7, 11) is 0. The van der Waals surface area contributed by atoms with Crippen molar-refractivity contribution in [2.24, 2.45) is 0 Å². The van der Waals surface area contributed by atoms with Crippen LogP contribution in [-0.4, -0.2) is 39.6 Å². The van der Waals surface area contributed by atoms with Crippen LogP contribution in [0.25, 0.3) is 0 Å². The molecule has 0 spiro atoms. The van der Waals surface area contributed by atoms with Gasteiger partial charge in [0.15, 0.2) is 0 Å². The van der Waals surface area contributed by atoms with Gasteiger partial charge in [0.25, 0.3) is 0 Å². The molecular weight excluding hydrogens is 308 g/mol. The second kappa shape index (κ2) is 7.71. The topological polar surface area (TPSA) is 58.1 Å². The first-order valence-corrected chi connectivity index (χ1v) is 9.84. The minimum absolute atomic E-state index is 0.0388. The lowest BCUT2D eigenvalue weighted by Gasteiger charge is -2.38. The lowest BCUT2D eigenvalue weighted by molar-refractivity contribution is -0.118. The number of likely N-dealkylation sites (tertiary alicyclic amines) is 1. The van der Waals surface area contributed by atoms with Crippen molar-refractivity contribution in [3.63, 3.8) is 0 Å². The monoisotopic (exact) mass is 336 g/mol. The van der Waals surface area contributed by atoms with Crippen molar-refractivity contribution < 1.29 is 4.79 Å². The van der Waals surface area contributed by atoms with Gasteiger partial charge in [0.05, 0.1) is 6.54 Å². The molecule has 5 nitrogen and oxygen atoms in total. The fourth-order valence-electron chi connectivity index (χ4n) is 3.91. The molecule has 1 amide bonds. The van der Waals surface area contributed by atoms with E-state index in [1.54, 1.807) is 11.3 Å². The van der Waals surface area contributed by atoms with E-state index in [0.29, 0.717) is 29.7 Å². The van der Waals surface area contributed by atoms with Crippen LogP contribution in [-0.2, 0) is 4.79 Å². The van der Waals surface area contributed by atoms with E-state index in [2.05, 4.69) is 34.3 Å². The molecule has 1 aromatic heterocycles. The Morgan fingerprint density at radius 1 is 1.09 bits per heavy atom. The number of hydrogen-bond acceptors (Lipinski definition) is 5. The van der Waals surface area contributed by atoms with E-state index in [1.807, 2.05) is 0 Å². The Labute approximate surface area is 142 Å². The molecule has 2 fully saturated rings. The number of nitrogens with one attached hydrogen (secondary N) is 1. The average Bonchev–Trinajstić information content (AvgIpc) is 3.00. The second-order valence-corrected chi connectivity index (χ2v) is 8.14. The van der Waals surface area contributed by atoms with Crippen LogP contribution < -0.4 is 5.32 Å². The summed E-state index contributed by atoms with van der Waals surface area (Å²) in [4.78, 5) is 14.7. The molecule has 6 heteroatoms. The summed E-state index contributed by atoms with van der Waals surface area (Å²) in [5.74, 6) is 0.589. The lowest BCUT2D eigenvalue weighted by atomic mass is 9.90. The van der Waals surface area contributed by atoms with Gasteiger partial charge in [-0.2, -0.15) is 0 Å². The van der Waals surface area contributed by atoms with Gasteiger partial charge in [0.1, 0.15) is 5.01 Å². The van der Waals surface area contributed by atoms with Crippen molar-refractivity contribution in [1.82, 2.24) is 15.1 Å². The van der Waals surface area contributed by atoms with Gasteiger partial charge in [-0.25, -0.2) is 0 Å². The maximum Gasteiger partial charge on any atom is 0.240 e. The standard InChI is InChI=1S/C17H28N4OS/c1-12-7-6-8-13(2)21(12)11-15(22)18-17-20-19-16(23-17)14-9-4-3-5-10-14/h12-14H,3-11H2,1-2H3,(H,18,20,22). The minimum Gasteiger partial charge on any atom is -0.299 e. The summed E-state index contributed by atoms with van der Waals surface area (Å²) in [5.41, 5.74) is 0. The van der Waals surface area contributed by atoms with Crippen molar-refractivity contribution in [3.8, 4) is 0 Å². The lowest BCUT2D eigenvalue weighted by Crippen LogP contribution is -2.47. The van der Waals surface area contributed by atoms with Crippen LogP contribution in [0.15, 0.2) is 0 Å². The Bertz CT molecular complexity index is 516. The van der Waals surface area contributed by atoms with E-state index in [-0.39, 0.29) is 5.91 Å². The average molecular weight is 337 g/mol. The van der Waals surface area contributed by atoms with Crippen molar-refractivity contribution in [1.29, 1.82) is 0 Å². The Morgan fingerprint density at radius 3 is 2.48 bits per heavy atom. The number of carbonyl (C=O) groups excluding carboxylic acids is 1. The Morgan fingerprint density at radius 2 is 1.78 bits per heavy atom. The SMILES string of the molecule is CC1CCCC(C)N1CC(=O)Nc1nnc(C2CCCCC2)s1. The van der Waals surface area contributed by atoms with Crippen LogP contribution >= 0.6 is 11.3 Å². The molecule has 1 saturated heterocycles. The Kier molecular flexibility index (Phi) is 5.64. The zero-order valence-electron chi connectivity index (χ0n) is 14.3. The number of rotatable bonds is 4. The zero-order chi connectivity index (χ0) is 16.2. The molecule has 1 saturated carbocycles. The van der Waals surface area contributed by atoms with Gasteiger partial charge in [0, 0.05) is 18.0 Å². The van der Waals surface area contributed by atoms with E-state index in [4.69, 9.17) is 0 Å². The van der Waals surface area contributed by atoms with Crippen molar-refractivity contribution in [3.05, 3.63) is 5.01 Å². The molecule has 3 rings (SSSR count). The smallest absolute Gasteiger partial charge is 0.240 e. The van der Waals surface area contributed by atoms with Gasteiger partial charge < -0.3 is 0 Å². The molecule has 1 N–H and O–H groups in total. The molecule has 1 aromatic rings. The molecule has 0 aromatic carbocycles. The van der Waals surface area contributed by atoms with E-state index < -0.39 is 0 Å². The maximum atomic E-state index is 12.3. The Balaban J connectivity index is 1.54. The van der Waals surface area contributed by atoms with Crippen LogP contribution in [0, 0.1) is 0 Å². The number of anilines is 1. The summed E-state index contributed by atoms with van der Waals surface area (Å²) in [6, 6.07) is 0.966. The quantitative estimate of drug-likeness (QED) is 0.909. The number of aromatic nitrogens is 2. The molecule has 0 bridgehead atoms. The summed E-state index contributed by atoms with van der Waals surface area (Å²) < 4.78 is 0.